The van der Waals surface area contributed by atoms with Crippen LogP contribution in [0.4, 0.5) is 0 Å². The van der Waals surface area contributed by atoms with E-state index in [1.54, 1.807) is 6.92 Å². The Labute approximate surface area is 108 Å². The maximum atomic E-state index is 10.1. The van der Waals surface area contributed by atoms with E-state index in [1.165, 1.54) is 0 Å². The lowest BCUT2D eigenvalue weighted by atomic mass is 9.84. The molecule has 0 aromatic rings. The highest BCUT2D eigenvalue weighted by Gasteiger charge is 2.40. The first-order valence-electron chi connectivity index (χ1n) is 6.89. The second-order valence-corrected chi connectivity index (χ2v) is 5.79. The van der Waals surface area contributed by atoms with Gasteiger partial charge in [0.1, 0.15) is 6.10 Å². The van der Waals surface area contributed by atoms with E-state index in [4.69, 9.17) is 15.2 Å². The van der Waals surface area contributed by atoms with Crippen molar-refractivity contribution in [2.45, 2.75) is 63.8 Å². The third kappa shape index (κ3) is 2.86. The lowest BCUT2D eigenvalue weighted by molar-refractivity contribution is -0.277. The number of ether oxygens (including phenoxy) is 2. The van der Waals surface area contributed by atoms with Gasteiger partial charge >= 0.3 is 0 Å². The minimum atomic E-state index is -0.796. The first-order chi connectivity index (χ1) is 8.50. The highest BCUT2D eigenvalue weighted by atomic mass is 16.7. The van der Waals surface area contributed by atoms with Crippen molar-refractivity contribution >= 4 is 0 Å². The predicted octanol–water partition coefficient (Wildman–Crippen LogP) is 0.233. The summed E-state index contributed by atoms with van der Waals surface area (Å²) in [5.41, 5.74) is 6.08. The van der Waals surface area contributed by atoms with Crippen molar-refractivity contribution in [3.63, 3.8) is 0 Å². The van der Waals surface area contributed by atoms with Crippen LogP contribution in [0.15, 0.2) is 0 Å². The molecule has 106 valence electrons. The van der Waals surface area contributed by atoms with Crippen LogP contribution in [0.5, 0.6) is 0 Å². The molecule has 7 unspecified atom stereocenters. The third-order valence-electron chi connectivity index (χ3n) is 4.33. The Morgan fingerprint density at radius 2 is 1.94 bits per heavy atom. The van der Waals surface area contributed by atoms with Gasteiger partial charge in [-0.3, -0.25) is 0 Å². The fraction of sp³-hybridized carbons (Fsp3) is 1.00. The van der Waals surface area contributed by atoms with Crippen LogP contribution < -0.4 is 5.73 Å². The van der Waals surface area contributed by atoms with Crippen LogP contribution in [-0.4, -0.2) is 47.5 Å². The summed E-state index contributed by atoms with van der Waals surface area (Å²) in [6.45, 7) is 4.13. The van der Waals surface area contributed by atoms with Gasteiger partial charge in [0.2, 0.25) is 0 Å². The number of rotatable bonds is 2. The maximum Gasteiger partial charge on any atom is 0.184 e. The third-order valence-corrected chi connectivity index (χ3v) is 4.33. The Kier molecular flexibility index (Phi) is 4.61. The average molecular weight is 259 g/mol. The van der Waals surface area contributed by atoms with E-state index in [-0.39, 0.29) is 24.7 Å². The molecule has 0 radical (unpaired) electrons. The molecule has 1 aliphatic carbocycles. The standard InChI is InChI=1S/C13H25NO4/c1-7-4-3-5-9(14)12(7)18-13-11(16)8(2)10(15)6-17-13/h7-13,15-16H,3-6,14H2,1-2H3. The van der Waals surface area contributed by atoms with Gasteiger partial charge in [-0.1, -0.05) is 20.3 Å². The summed E-state index contributed by atoms with van der Waals surface area (Å²) in [5.74, 6) is 0.144. The van der Waals surface area contributed by atoms with Crippen LogP contribution in [0, 0.1) is 11.8 Å². The second-order valence-electron chi connectivity index (χ2n) is 5.79. The van der Waals surface area contributed by atoms with E-state index in [9.17, 15) is 10.2 Å². The monoisotopic (exact) mass is 259 g/mol. The van der Waals surface area contributed by atoms with Crippen LogP contribution in [-0.2, 0) is 9.47 Å². The summed E-state index contributed by atoms with van der Waals surface area (Å²) >= 11 is 0. The van der Waals surface area contributed by atoms with Crippen LogP contribution >= 0.6 is 0 Å². The molecule has 1 aliphatic heterocycles. The van der Waals surface area contributed by atoms with Crippen molar-refractivity contribution in [1.29, 1.82) is 0 Å². The zero-order valence-corrected chi connectivity index (χ0v) is 11.2. The summed E-state index contributed by atoms with van der Waals surface area (Å²) in [5, 5.41) is 19.7. The average Bonchev–Trinajstić information content (AvgIpc) is 2.34. The lowest BCUT2D eigenvalue weighted by Crippen LogP contribution is -2.54. The van der Waals surface area contributed by atoms with Crippen LogP contribution in [0.2, 0.25) is 0 Å². The minimum absolute atomic E-state index is 0.00621. The molecule has 2 aliphatic rings. The zero-order chi connectivity index (χ0) is 13.3. The molecular formula is C13H25NO4. The molecule has 0 aromatic heterocycles. The van der Waals surface area contributed by atoms with E-state index in [0.29, 0.717) is 5.92 Å². The summed E-state index contributed by atoms with van der Waals surface area (Å²) < 4.78 is 11.3. The summed E-state index contributed by atoms with van der Waals surface area (Å²) in [6.07, 6.45) is 1.02. The number of hydrogen-bond acceptors (Lipinski definition) is 5. The molecule has 1 saturated heterocycles. The van der Waals surface area contributed by atoms with Crippen molar-refractivity contribution in [3.05, 3.63) is 0 Å². The maximum absolute atomic E-state index is 10.1. The molecule has 5 heteroatoms. The van der Waals surface area contributed by atoms with Gasteiger partial charge < -0.3 is 25.4 Å². The second kappa shape index (κ2) is 5.84. The Balaban J connectivity index is 1.95. The molecule has 1 saturated carbocycles. The molecular weight excluding hydrogens is 234 g/mol. The highest BCUT2D eigenvalue weighted by Crippen LogP contribution is 2.30. The molecule has 0 spiro atoms. The first kappa shape index (κ1) is 14.2. The molecule has 7 atom stereocenters. The molecule has 0 aromatic carbocycles. The Bertz CT molecular complexity index is 266. The van der Waals surface area contributed by atoms with E-state index in [2.05, 4.69) is 6.92 Å². The van der Waals surface area contributed by atoms with Crippen molar-refractivity contribution in [2.24, 2.45) is 17.6 Å². The Hall–Kier alpha value is -0.200. The molecule has 0 bridgehead atoms. The zero-order valence-electron chi connectivity index (χ0n) is 11.2. The number of aliphatic hydroxyl groups is 2. The van der Waals surface area contributed by atoms with Gasteiger partial charge in [-0.2, -0.15) is 0 Å². The number of nitrogens with two attached hydrogens (primary N) is 1. The molecule has 5 nitrogen and oxygen atoms in total. The molecule has 2 rings (SSSR count). The fourth-order valence-corrected chi connectivity index (χ4v) is 2.86. The molecule has 1 heterocycles. The normalized spacial score (nSPS) is 50.2. The summed E-state index contributed by atoms with van der Waals surface area (Å²) in [4.78, 5) is 0. The van der Waals surface area contributed by atoms with Crippen LogP contribution in [0.25, 0.3) is 0 Å². The largest absolute Gasteiger partial charge is 0.390 e. The van der Waals surface area contributed by atoms with Crippen molar-refractivity contribution in [2.75, 3.05) is 6.61 Å². The fourth-order valence-electron chi connectivity index (χ4n) is 2.86. The van der Waals surface area contributed by atoms with Gasteiger partial charge in [0.25, 0.3) is 0 Å². The number of hydrogen-bond donors (Lipinski definition) is 3. The van der Waals surface area contributed by atoms with Gasteiger partial charge in [0, 0.05) is 12.0 Å². The van der Waals surface area contributed by atoms with Gasteiger partial charge in [-0.05, 0) is 18.8 Å². The summed E-state index contributed by atoms with van der Waals surface area (Å²) in [6, 6.07) is 0.00621. The molecule has 2 fully saturated rings. The van der Waals surface area contributed by atoms with Crippen LogP contribution in [0.1, 0.15) is 33.1 Å². The van der Waals surface area contributed by atoms with E-state index >= 15 is 0 Å². The summed E-state index contributed by atoms with van der Waals surface area (Å²) in [7, 11) is 0. The van der Waals surface area contributed by atoms with Crippen molar-refractivity contribution in [3.8, 4) is 0 Å². The van der Waals surface area contributed by atoms with E-state index in [1.807, 2.05) is 0 Å². The smallest absolute Gasteiger partial charge is 0.184 e. The van der Waals surface area contributed by atoms with Gasteiger partial charge in [0.05, 0.1) is 18.8 Å². The molecule has 4 N–H and O–H groups in total. The van der Waals surface area contributed by atoms with E-state index < -0.39 is 18.5 Å². The quantitative estimate of drug-likeness (QED) is 0.661. The van der Waals surface area contributed by atoms with Crippen LogP contribution in [0.3, 0.4) is 0 Å². The minimum Gasteiger partial charge on any atom is -0.390 e. The highest BCUT2D eigenvalue weighted by molar-refractivity contribution is 4.86. The van der Waals surface area contributed by atoms with E-state index in [0.717, 1.165) is 19.3 Å². The van der Waals surface area contributed by atoms with Gasteiger partial charge in [-0.25, -0.2) is 0 Å². The van der Waals surface area contributed by atoms with Gasteiger partial charge in [0.15, 0.2) is 6.29 Å². The van der Waals surface area contributed by atoms with Gasteiger partial charge in [-0.15, -0.1) is 0 Å². The number of aliphatic hydroxyl groups excluding tert-OH is 2. The molecule has 18 heavy (non-hydrogen) atoms. The van der Waals surface area contributed by atoms with Crippen molar-refractivity contribution < 1.29 is 19.7 Å². The van der Waals surface area contributed by atoms with Crippen molar-refractivity contribution in [1.82, 2.24) is 0 Å². The Morgan fingerprint density at radius 1 is 1.22 bits per heavy atom. The predicted molar refractivity (Wildman–Crippen MR) is 66.8 cm³/mol. The first-order valence-corrected chi connectivity index (χ1v) is 6.89. The topological polar surface area (TPSA) is 84.9 Å². The SMILES string of the molecule is CC1CCCC(N)C1OC1OCC(O)C(C)C1O. The molecule has 0 amide bonds. The lowest BCUT2D eigenvalue weighted by Gasteiger charge is -2.41. The Morgan fingerprint density at radius 3 is 2.61 bits per heavy atom.